The zero-order chi connectivity index (χ0) is 11.5. The minimum absolute atomic E-state index is 0.718. The van der Waals surface area contributed by atoms with Gasteiger partial charge in [0.05, 0.1) is 0 Å². The van der Waals surface area contributed by atoms with E-state index in [4.69, 9.17) is 4.74 Å². The van der Waals surface area contributed by atoms with Crippen LogP contribution in [-0.2, 0) is 4.74 Å². The third kappa shape index (κ3) is 2.83. The normalized spacial score (nSPS) is 39.9. The second kappa shape index (κ2) is 5.68. The van der Waals surface area contributed by atoms with Crippen LogP contribution in [0, 0.1) is 5.92 Å². The van der Waals surface area contributed by atoms with Gasteiger partial charge in [0, 0.05) is 31.3 Å². The zero-order valence-corrected chi connectivity index (χ0v) is 10.8. The van der Waals surface area contributed by atoms with Crippen LogP contribution < -0.4 is 10.6 Å². The van der Waals surface area contributed by atoms with Crippen LogP contribution in [0.5, 0.6) is 0 Å². The van der Waals surface area contributed by atoms with Crippen molar-refractivity contribution >= 4 is 0 Å². The van der Waals surface area contributed by atoms with Crippen LogP contribution >= 0.6 is 0 Å². The van der Waals surface area contributed by atoms with Gasteiger partial charge in [-0.3, -0.25) is 0 Å². The van der Waals surface area contributed by atoms with Crippen molar-refractivity contribution in [3.8, 4) is 0 Å². The van der Waals surface area contributed by atoms with Crippen molar-refractivity contribution in [2.75, 3.05) is 19.8 Å². The van der Waals surface area contributed by atoms with Gasteiger partial charge in [-0.25, -0.2) is 0 Å². The number of rotatable bonds is 3. The zero-order valence-electron chi connectivity index (χ0n) is 10.8. The largest absolute Gasteiger partial charge is 0.381 e. The molecule has 17 heavy (non-hydrogen) atoms. The molecule has 3 aliphatic rings. The lowest BCUT2D eigenvalue weighted by atomic mass is 9.92. The van der Waals surface area contributed by atoms with Gasteiger partial charge in [-0.15, -0.1) is 0 Å². The molecule has 0 amide bonds. The molecule has 3 fully saturated rings. The SMILES string of the molecule is C1CNC(C2CCCC2NC2CCOCC2)C1. The number of ether oxygens (including phenoxy) is 1. The first-order valence-corrected chi connectivity index (χ1v) is 7.50. The van der Waals surface area contributed by atoms with E-state index in [9.17, 15) is 0 Å². The number of nitrogens with one attached hydrogen (secondary N) is 2. The van der Waals surface area contributed by atoms with Gasteiger partial charge in [0.25, 0.3) is 0 Å². The molecule has 3 nitrogen and oxygen atoms in total. The van der Waals surface area contributed by atoms with Crippen LogP contribution in [0.4, 0.5) is 0 Å². The molecule has 3 rings (SSSR count). The van der Waals surface area contributed by atoms with E-state index in [1.165, 1.54) is 51.5 Å². The minimum atomic E-state index is 0.718. The molecule has 2 heterocycles. The van der Waals surface area contributed by atoms with Gasteiger partial charge in [0.2, 0.25) is 0 Å². The van der Waals surface area contributed by atoms with E-state index in [0.717, 1.165) is 37.3 Å². The lowest BCUT2D eigenvalue weighted by Crippen LogP contribution is -2.47. The van der Waals surface area contributed by atoms with Crippen molar-refractivity contribution in [1.29, 1.82) is 0 Å². The first-order chi connectivity index (χ1) is 8.43. The topological polar surface area (TPSA) is 33.3 Å². The molecule has 3 atom stereocenters. The highest BCUT2D eigenvalue weighted by Gasteiger charge is 2.35. The predicted octanol–water partition coefficient (Wildman–Crippen LogP) is 1.68. The summed E-state index contributed by atoms with van der Waals surface area (Å²) in [5, 5.41) is 7.63. The molecule has 0 bridgehead atoms. The summed E-state index contributed by atoms with van der Waals surface area (Å²) >= 11 is 0. The van der Waals surface area contributed by atoms with E-state index in [1.807, 2.05) is 0 Å². The van der Waals surface area contributed by atoms with Crippen molar-refractivity contribution in [2.45, 2.75) is 63.1 Å². The summed E-state index contributed by atoms with van der Waals surface area (Å²) in [5.41, 5.74) is 0. The van der Waals surface area contributed by atoms with Crippen molar-refractivity contribution in [2.24, 2.45) is 5.92 Å². The Morgan fingerprint density at radius 1 is 0.941 bits per heavy atom. The highest BCUT2D eigenvalue weighted by Crippen LogP contribution is 2.32. The highest BCUT2D eigenvalue weighted by atomic mass is 16.5. The molecule has 3 unspecified atom stereocenters. The van der Waals surface area contributed by atoms with E-state index in [1.54, 1.807) is 0 Å². The summed E-state index contributed by atoms with van der Waals surface area (Å²) in [6.07, 6.45) is 9.44. The Kier molecular flexibility index (Phi) is 3.99. The highest BCUT2D eigenvalue weighted by molar-refractivity contribution is 4.94. The first-order valence-electron chi connectivity index (χ1n) is 7.50. The lowest BCUT2D eigenvalue weighted by Gasteiger charge is -2.32. The first kappa shape index (κ1) is 11.9. The molecule has 0 radical (unpaired) electrons. The molecule has 0 spiro atoms. The second-order valence-corrected chi connectivity index (χ2v) is 5.96. The van der Waals surface area contributed by atoms with Crippen LogP contribution in [-0.4, -0.2) is 37.9 Å². The van der Waals surface area contributed by atoms with E-state index < -0.39 is 0 Å². The molecule has 2 N–H and O–H groups in total. The Morgan fingerprint density at radius 2 is 1.82 bits per heavy atom. The van der Waals surface area contributed by atoms with Crippen LogP contribution in [0.25, 0.3) is 0 Å². The van der Waals surface area contributed by atoms with Crippen LogP contribution in [0.15, 0.2) is 0 Å². The molecule has 2 saturated heterocycles. The maximum Gasteiger partial charge on any atom is 0.0480 e. The minimum Gasteiger partial charge on any atom is -0.381 e. The average Bonchev–Trinajstić information content (AvgIpc) is 3.00. The predicted molar refractivity (Wildman–Crippen MR) is 69.1 cm³/mol. The van der Waals surface area contributed by atoms with Crippen LogP contribution in [0.1, 0.15) is 44.9 Å². The fourth-order valence-corrected chi connectivity index (χ4v) is 3.92. The summed E-state index contributed by atoms with van der Waals surface area (Å²) in [6, 6.07) is 2.29. The molecule has 1 saturated carbocycles. The summed E-state index contributed by atoms with van der Waals surface area (Å²) in [4.78, 5) is 0. The standard InChI is InChI=1S/C14H26N2O/c1-3-12(13-5-2-8-15-13)14(4-1)16-11-6-9-17-10-7-11/h11-16H,1-10H2. The maximum absolute atomic E-state index is 5.44. The second-order valence-electron chi connectivity index (χ2n) is 5.96. The van der Waals surface area contributed by atoms with E-state index in [2.05, 4.69) is 10.6 Å². The Hall–Kier alpha value is -0.120. The Balaban J connectivity index is 1.53. The number of hydrogen-bond donors (Lipinski definition) is 2. The maximum atomic E-state index is 5.44. The molecule has 0 aromatic heterocycles. The molecule has 98 valence electrons. The molecule has 0 aromatic carbocycles. The van der Waals surface area contributed by atoms with E-state index >= 15 is 0 Å². The van der Waals surface area contributed by atoms with Gasteiger partial charge >= 0.3 is 0 Å². The Bertz CT molecular complexity index is 234. The van der Waals surface area contributed by atoms with Crippen molar-refractivity contribution < 1.29 is 4.74 Å². The smallest absolute Gasteiger partial charge is 0.0480 e. The lowest BCUT2D eigenvalue weighted by molar-refractivity contribution is 0.0724. The molecule has 2 aliphatic heterocycles. The van der Waals surface area contributed by atoms with Gasteiger partial charge in [-0.2, -0.15) is 0 Å². The molecule has 0 aromatic rings. The van der Waals surface area contributed by atoms with Gasteiger partial charge in [0.1, 0.15) is 0 Å². The van der Waals surface area contributed by atoms with E-state index in [0.29, 0.717) is 0 Å². The van der Waals surface area contributed by atoms with Gasteiger partial charge in [0.15, 0.2) is 0 Å². The average molecular weight is 238 g/mol. The third-order valence-corrected chi connectivity index (χ3v) is 4.86. The summed E-state index contributed by atoms with van der Waals surface area (Å²) < 4.78 is 5.44. The number of hydrogen-bond acceptors (Lipinski definition) is 3. The van der Waals surface area contributed by atoms with Crippen molar-refractivity contribution in [3.05, 3.63) is 0 Å². The van der Waals surface area contributed by atoms with Gasteiger partial charge < -0.3 is 15.4 Å². The van der Waals surface area contributed by atoms with Crippen molar-refractivity contribution in [3.63, 3.8) is 0 Å². The summed E-state index contributed by atoms with van der Waals surface area (Å²) in [7, 11) is 0. The Morgan fingerprint density at radius 3 is 2.59 bits per heavy atom. The monoisotopic (exact) mass is 238 g/mol. The quantitative estimate of drug-likeness (QED) is 0.785. The third-order valence-electron chi connectivity index (χ3n) is 4.86. The fourth-order valence-electron chi connectivity index (χ4n) is 3.92. The van der Waals surface area contributed by atoms with E-state index in [-0.39, 0.29) is 0 Å². The van der Waals surface area contributed by atoms with Gasteiger partial charge in [-0.05, 0) is 51.0 Å². The Labute approximate surface area is 105 Å². The van der Waals surface area contributed by atoms with Crippen molar-refractivity contribution in [1.82, 2.24) is 10.6 Å². The van der Waals surface area contributed by atoms with Gasteiger partial charge in [-0.1, -0.05) is 6.42 Å². The molecular weight excluding hydrogens is 212 g/mol. The summed E-state index contributed by atoms with van der Waals surface area (Å²) in [5.74, 6) is 0.889. The fraction of sp³-hybridized carbons (Fsp3) is 1.00. The van der Waals surface area contributed by atoms with Crippen LogP contribution in [0.3, 0.4) is 0 Å². The molecule has 3 heteroatoms. The summed E-state index contributed by atoms with van der Waals surface area (Å²) in [6.45, 7) is 3.15. The molecule has 1 aliphatic carbocycles. The molecular formula is C14H26N2O. The van der Waals surface area contributed by atoms with Crippen LogP contribution in [0.2, 0.25) is 0 Å².